The molecule has 2 aromatic carbocycles. The molecule has 2 aromatic rings. The summed E-state index contributed by atoms with van der Waals surface area (Å²) >= 11 is 0. The minimum Gasteiger partial charge on any atom is -0.497 e. The zero-order valence-corrected chi connectivity index (χ0v) is 13.7. The zero-order chi connectivity index (χ0) is 16.9. The predicted octanol–water partition coefficient (Wildman–Crippen LogP) is 3.10. The number of hydrogen-bond acceptors (Lipinski definition) is 4. The molecule has 0 spiro atoms. The van der Waals surface area contributed by atoms with E-state index < -0.39 is 0 Å². The molecule has 0 aliphatic carbocycles. The molecule has 0 bridgehead atoms. The number of carbonyl (C=O) groups is 1. The fourth-order valence-electron chi connectivity index (χ4n) is 2.39. The number of methoxy groups -OCH3 is 1. The molecule has 1 amide bonds. The summed E-state index contributed by atoms with van der Waals surface area (Å²) in [5.41, 5.74) is 1.94. The van der Waals surface area contributed by atoms with Gasteiger partial charge in [0.05, 0.1) is 7.11 Å². The van der Waals surface area contributed by atoms with Gasteiger partial charge in [-0.05, 0) is 41.5 Å². The van der Waals surface area contributed by atoms with Crippen molar-refractivity contribution in [2.24, 2.45) is 0 Å². The van der Waals surface area contributed by atoms with Gasteiger partial charge in [-0.25, -0.2) is 0 Å². The van der Waals surface area contributed by atoms with Crippen molar-refractivity contribution in [1.29, 1.82) is 0 Å². The molecule has 1 aliphatic rings. The predicted molar refractivity (Wildman–Crippen MR) is 91.1 cm³/mol. The van der Waals surface area contributed by atoms with Crippen LogP contribution >= 0.6 is 0 Å². The Labute approximate surface area is 141 Å². The summed E-state index contributed by atoms with van der Waals surface area (Å²) in [4.78, 5) is 13.9. The Hall–Kier alpha value is -2.95. The van der Waals surface area contributed by atoms with Gasteiger partial charge in [0.25, 0.3) is 0 Å². The number of rotatable bonds is 5. The van der Waals surface area contributed by atoms with Crippen molar-refractivity contribution in [2.45, 2.75) is 6.54 Å². The van der Waals surface area contributed by atoms with E-state index in [2.05, 4.69) is 0 Å². The fraction of sp³-hybridized carbons (Fsp3) is 0.211. The van der Waals surface area contributed by atoms with Gasteiger partial charge in [-0.3, -0.25) is 4.79 Å². The summed E-state index contributed by atoms with van der Waals surface area (Å²) in [6, 6.07) is 13.3. The van der Waals surface area contributed by atoms with E-state index in [0.717, 1.165) is 22.6 Å². The zero-order valence-electron chi connectivity index (χ0n) is 13.7. The third kappa shape index (κ3) is 3.68. The smallest absolute Gasteiger partial charge is 0.246 e. The molecule has 1 aliphatic heterocycles. The maximum atomic E-state index is 12.2. The highest BCUT2D eigenvalue weighted by Crippen LogP contribution is 2.32. The van der Waals surface area contributed by atoms with Crippen LogP contribution in [0.25, 0.3) is 6.08 Å². The normalized spacial score (nSPS) is 12.4. The van der Waals surface area contributed by atoms with Crippen LogP contribution in [0.5, 0.6) is 17.2 Å². The molecule has 0 unspecified atom stereocenters. The van der Waals surface area contributed by atoms with E-state index in [1.54, 1.807) is 31.2 Å². The Bertz CT molecular complexity index is 752. The Morgan fingerprint density at radius 3 is 2.67 bits per heavy atom. The lowest BCUT2D eigenvalue weighted by Crippen LogP contribution is -2.24. The molecule has 0 aromatic heterocycles. The van der Waals surface area contributed by atoms with Crippen LogP contribution in [0.4, 0.5) is 0 Å². The van der Waals surface area contributed by atoms with Crippen LogP contribution in [0.1, 0.15) is 11.1 Å². The van der Waals surface area contributed by atoms with E-state index in [4.69, 9.17) is 14.2 Å². The van der Waals surface area contributed by atoms with E-state index in [1.165, 1.54) is 0 Å². The molecule has 5 heteroatoms. The van der Waals surface area contributed by atoms with Crippen LogP contribution in [0, 0.1) is 0 Å². The van der Waals surface area contributed by atoms with Gasteiger partial charge in [-0.1, -0.05) is 18.2 Å². The first-order chi connectivity index (χ1) is 11.7. The van der Waals surface area contributed by atoms with Gasteiger partial charge in [-0.15, -0.1) is 0 Å². The van der Waals surface area contributed by atoms with Crippen molar-refractivity contribution < 1.29 is 19.0 Å². The number of ether oxygens (including phenoxy) is 3. The second-order valence-electron chi connectivity index (χ2n) is 5.49. The monoisotopic (exact) mass is 325 g/mol. The second kappa shape index (κ2) is 7.08. The number of nitrogens with zero attached hydrogens (tertiary/aromatic N) is 1. The lowest BCUT2D eigenvalue weighted by molar-refractivity contribution is -0.125. The number of likely N-dealkylation sites (N-methyl/N-ethyl adjacent to an activating group) is 1. The van der Waals surface area contributed by atoms with Crippen LogP contribution < -0.4 is 14.2 Å². The first-order valence-electron chi connectivity index (χ1n) is 7.61. The molecule has 0 saturated carbocycles. The molecule has 3 rings (SSSR count). The van der Waals surface area contributed by atoms with Crippen LogP contribution in [0.3, 0.4) is 0 Å². The Morgan fingerprint density at radius 1 is 1.17 bits per heavy atom. The van der Waals surface area contributed by atoms with Gasteiger partial charge in [0.15, 0.2) is 11.5 Å². The number of amides is 1. The third-order valence-corrected chi connectivity index (χ3v) is 3.77. The van der Waals surface area contributed by atoms with Gasteiger partial charge >= 0.3 is 0 Å². The highest BCUT2D eigenvalue weighted by molar-refractivity contribution is 5.91. The van der Waals surface area contributed by atoms with E-state index in [1.807, 2.05) is 42.5 Å². The lowest BCUT2D eigenvalue weighted by Gasteiger charge is -2.15. The molecule has 0 saturated heterocycles. The summed E-state index contributed by atoms with van der Waals surface area (Å²) < 4.78 is 15.7. The first kappa shape index (κ1) is 15.9. The fourth-order valence-corrected chi connectivity index (χ4v) is 2.39. The molecule has 24 heavy (non-hydrogen) atoms. The van der Waals surface area contributed by atoms with Crippen molar-refractivity contribution in [3.63, 3.8) is 0 Å². The van der Waals surface area contributed by atoms with Crippen molar-refractivity contribution in [2.75, 3.05) is 21.0 Å². The molecule has 124 valence electrons. The molecular weight excluding hydrogens is 306 g/mol. The Morgan fingerprint density at radius 2 is 1.92 bits per heavy atom. The minimum absolute atomic E-state index is 0.0662. The SMILES string of the molecule is COc1ccc(CN(C)C(=O)/C=C/c2ccc3c(c2)OCO3)cc1. The van der Waals surface area contributed by atoms with E-state index in [9.17, 15) is 4.79 Å². The molecule has 0 fully saturated rings. The maximum Gasteiger partial charge on any atom is 0.246 e. The first-order valence-corrected chi connectivity index (χ1v) is 7.61. The summed E-state index contributed by atoms with van der Waals surface area (Å²) in [5.74, 6) is 2.17. The average molecular weight is 325 g/mol. The van der Waals surface area contributed by atoms with Gasteiger partial charge in [-0.2, -0.15) is 0 Å². The van der Waals surface area contributed by atoms with Crippen molar-refractivity contribution in [3.05, 3.63) is 59.7 Å². The molecule has 0 atom stereocenters. The summed E-state index contributed by atoms with van der Waals surface area (Å²) in [7, 11) is 3.40. The molecule has 0 N–H and O–H groups in total. The van der Waals surface area contributed by atoms with Crippen LogP contribution in [0.15, 0.2) is 48.5 Å². The van der Waals surface area contributed by atoms with Gasteiger partial charge in [0.1, 0.15) is 5.75 Å². The van der Waals surface area contributed by atoms with Crippen LogP contribution in [0.2, 0.25) is 0 Å². The van der Waals surface area contributed by atoms with Gasteiger partial charge < -0.3 is 19.1 Å². The highest BCUT2D eigenvalue weighted by atomic mass is 16.7. The topological polar surface area (TPSA) is 48.0 Å². The number of hydrogen-bond donors (Lipinski definition) is 0. The standard InChI is InChI=1S/C19H19NO4/c1-20(12-15-3-7-16(22-2)8-4-15)19(21)10-6-14-5-9-17-18(11-14)24-13-23-17/h3-11H,12-13H2,1-2H3/b10-6+. The maximum absolute atomic E-state index is 12.2. The number of carbonyl (C=O) groups excluding carboxylic acids is 1. The van der Waals surface area contributed by atoms with Crippen molar-refractivity contribution in [1.82, 2.24) is 4.90 Å². The highest BCUT2D eigenvalue weighted by Gasteiger charge is 2.12. The Balaban J connectivity index is 1.60. The minimum atomic E-state index is -0.0662. The molecular formula is C19H19NO4. The van der Waals surface area contributed by atoms with E-state index >= 15 is 0 Å². The third-order valence-electron chi connectivity index (χ3n) is 3.77. The van der Waals surface area contributed by atoms with Crippen molar-refractivity contribution in [3.8, 4) is 17.2 Å². The van der Waals surface area contributed by atoms with E-state index in [0.29, 0.717) is 12.3 Å². The molecule has 1 heterocycles. The van der Waals surface area contributed by atoms with Crippen LogP contribution in [-0.4, -0.2) is 31.8 Å². The molecule has 0 radical (unpaired) electrons. The Kier molecular flexibility index (Phi) is 4.70. The largest absolute Gasteiger partial charge is 0.497 e. The summed E-state index contributed by atoms with van der Waals surface area (Å²) in [6.45, 7) is 0.778. The van der Waals surface area contributed by atoms with Crippen LogP contribution in [-0.2, 0) is 11.3 Å². The van der Waals surface area contributed by atoms with E-state index in [-0.39, 0.29) is 12.7 Å². The van der Waals surface area contributed by atoms with Gasteiger partial charge in [0.2, 0.25) is 12.7 Å². The summed E-state index contributed by atoms with van der Waals surface area (Å²) in [6.07, 6.45) is 3.33. The quantitative estimate of drug-likeness (QED) is 0.793. The molecule has 5 nitrogen and oxygen atoms in total. The number of fused-ring (bicyclic) bond motifs is 1. The number of benzene rings is 2. The summed E-state index contributed by atoms with van der Waals surface area (Å²) in [5, 5.41) is 0. The lowest BCUT2D eigenvalue weighted by atomic mass is 10.2. The average Bonchev–Trinajstić information content (AvgIpc) is 3.08. The van der Waals surface area contributed by atoms with Crippen molar-refractivity contribution >= 4 is 12.0 Å². The second-order valence-corrected chi connectivity index (χ2v) is 5.49. The van der Waals surface area contributed by atoms with Gasteiger partial charge in [0, 0.05) is 19.7 Å².